The highest BCUT2D eigenvalue weighted by atomic mass is 32.1. The number of thiazole rings is 1. The van der Waals surface area contributed by atoms with Gasteiger partial charge in [-0.1, -0.05) is 53.8 Å². The van der Waals surface area contributed by atoms with Gasteiger partial charge in [0.1, 0.15) is 11.3 Å². The van der Waals surface area contributed by atoms with Gasteiger partial charge in [-0.05, 0) is 24.6 Å². The number of benzene rings is 2. The van der Waals surface area contributed by atoms with Gasteiger partial charge in [-0.15, -0.1) is 5.01 Å². The highest BCUT2D eigenvalue weighted by Crippen LogP contribution is 2.34. The second kappa shape index (κ2) is 9.47. The Balaban J connectivity index is 1.45. The molecule has 0 aliphatic carbocycles. The number of hydrazone groups is 1. The molecular weight excluding hydrogens is 466 g/mol. The van der Waals surface area contributed by atoms with Crippen molar-refractivity contribution in [2.24, 2.45) is 5.10 Å². The Bertz CT molecular complexity index is 1250. The Morgan fingerprint density at radius 1 is 1.11 bits per heavy atom. The van der Waals surface area contributed by atoms with E-state index in [9.17, 15) is 9.59 Å². The molecule has 2 fully saturated rings. The average molecular weight is 492 g/mol. The van der Waals surface area contributed by atoms with E-state index in [1.165, 1.54) is 11.3 Å². The fourth-order valence-corrected chi connectivity index (χ4v) is 5.07. The number of morpholine rings is 1. The van der Waals surface area contributed by atoms with Crippen LogP contribution in [0, 0.1) is 0 Å². The predicted octanol–water partition coefficient (Wildman–Crippen LogP) is 3.46. The fraction of sp³-hybridized carbons (Fsp3) is 0.280. The fourth-order valence-electron chi connectivity index (χ4n) is 4.06. The van der Waals surface area contributed by atoms with Crippen molar-refractivity contribution in [2.45, 2.75) is 12.5 Å². The van der Waals surface area contributed by atoms with Gasteiger partial charge in [0, 0.05) is 18.7 Å². The maximum absolute atomic E-state index is 13.3. The molecule has 1 aromatic heterocycles. The number of carbonyl (C=O) groups is 2. The van der Waals surface area contributed by atoms with E-state index in [1.807, 2.05) is 30.3 Å². The van der Waals surface area contributed by atoms with Gasteiger partial charge in [-0.2, -0.15) is 5.10 Å². The molecule has 3 aromatic rings. The van der Waals surface area contributed by atoms with E-state index < -0.39 is 17.5 Å². The van der Waals surface area contributed by atoms with Crippen LogP contribution in [-0.4, -0.2) is 61.6 Å². The molecule has 2 aromatic carbocycles. The maximum atomic E-state index is 13.3. The number of methoxy groups -OCH3 is 1. The Morgan fingerprint density at radius 3 is 2.51 bits per heavy atom. The predicted molar refractivity (Wildman–Crippen MR) is 134 cm³/mol. The van der Waals surface area contributed by atoms with Crippen LogP contribution in [0.4, 0.5) is 9.93 Å². The molecule has 0 saturated carbocycles. The van der Waals surface area contributed by atoms with Crippen molar-refractivity contribution >= 4 is 34.6 Å². The summed E-state index contributed by atoms with van der Waals surface area (Å²) < 4.78 is 10.7. The normalized spacial score (nSPS) is 20.5. The second-order valence-electron chi connectivity index (χ2n) is 8.32. The quantitative estimate of drug-likeness (QED) is 0.419. The van der Waals surface area contributed by atoms with Gasteiger partial charge in [0.05, 0.1) is 37.1 Å². The van der Waals surface area contributed by atoms with E-state index >= 15 is 0 Å². The first-order valence-electron chi connectivity index (χ1n) is 11.2. The first-order chi connectivity index (χ1) is 17.0. The molecular formula is C25H25N5O4S. The average Bonchev–Trinajstić information content (AvgIpc) is 3.42. The molecule has 0 spiro atoms. The van der Waals surface area contributed by atoms with Crippen molar-refractivity contribution in [1.29, 1.82) is 0 Å². The molecule has 9 nitrogen and oxygen atoms in total. The zero-order chi connectivity index (χ0) is 24.4. The van der Waals surface area contributed by atoms with Crippen molar-refractivity contribution in [3.8, 4) is 17.0 Å². The Morgan fingerprint density at radius 2 is 1.83 bits per heavy atom. The highest BCUT2D eigenvalue weighted by molar-refractivity contribution is 7.17. The third-order valence-electron chi connectivity index (χ3n) is 6.10. The molecule has 1 N–H and O–H groups in total. The van der Waals surface area contributed by atoms with Crippen LogP contribution in [0.2, 0.25) is 0 Å². The van der Waals surface area contributed by atoms with E-state index in [1.54, 1.807) is 44.5 Å². The van der Waals surface area contributed by atoms with Crippen LogP contribution in [0.1, 0.15) is 17.4 Å². The molecule has 2 aliphatic heterocycles. The number of hydrogen-bond donors (Lipinski definition) is 1. The maximum Gasteiger partial charge on any atom is 0.346 e. The summed E-state index contributed by atoms with van der Waals surface area (Å²) in [6.45, 7) is 4.48. The minimum Gasteiger partial charge on any atom is -0.497 e. The summed E-state index contributed by atoms with van der Waals surface area (Å²) in [5.74, 6) is 0.210. The van der Waals surface area contributed by atoms with Crippen molar-refractivity contribution < 1.29 is 19.1 Å². The summed E-state index contributed by atoms with van der Waals surface area (Å²) >= 11 is 1.47. The minimum atomic E-state index is -1.23. The Kier molecular flexibility index (Phi) is 6.23. The first kappa shape index (κ1) is 23.0. The summed E-state index contributed by atoms with van der Waals surface area (Å²) in [4.78, 5) is 33.8. The zero-order valence-corrected chi connectivity index (χ0v) is 20.2. The lowest BCUT2D eigenvalue weighted by atomic mass is 9.92. The van der Waals surface area contributed by atoms with Gasteiger partial charge in [-0.3, -0.25) is 4.79 Å². The topological polar surface area (TPSA) is 96.4 Å². The number of rotatable bonds is 6. The summed E-state index contributed by atoms with van der Waals surface area (Å²) in [6, 6.07) is 16.2. The Labute approximate surface area is 207 Å². The molecule has 2 aliphatic rings. The first-order valence-corrected chi connectivity index (χ1v) is 12.1. The number of nitrogens with one attached hydrogen (secondary N) is 1. The molecule has 0 radical (unpaired) electrons. The number of aromatic nitrogens is 1. The van der Waals surface area contributed by atoms with Crippen LogP contribution in [0.3, 0.4) is 0 Å². The molecule has 35 heavy (non-hydrogen) atoms. The third-order valence-corrected chi connectivity index (χ3v) is 7.15. The van der Waals surface area contributed by atoms with Gasteiger partial charge in [-0.25, -0.2) is 9.78 Å². The lowest BCUT2D eigenvalue weighted by Crippen LogP contribution is -2.40. The Hall–Kier alpha value is -3.76. The smallest absolute Gasteiger partial charge is 0.346 e. The number of ether oxygens (including phenoxy) is 2. The van der Waals surface area contributed by atoms with Crippen LogP contribution in [0.5, 0.6) is 5.75 Å². The molecule has 0 bridgehead atoms. The van der Waals surface area contributed by atoms with Gasteiger partial charge in [0.15, 0.2) is 5.13 Å². The van der Waals surface area contributed by atoms with Crippen molar-refractivity contribution in [1.82, 2.24) is 15.3 Å². The van der Waals surface area contributed by atoms with E-state index in [0.717, 1.165) is 39.4 Å². The molecule has 5 rings (SSSR count). The molecule has 10 heteroatoms. The van der Waals surface area contributed by atoms with Gasteiger partial charge in [0.2, 0.25) is 0 Å². The monoisotopic (exact) mass is 491 g/mol. The molecule has 180 valence electrons. The summed E-state index contributed by atoms with van der Waals surface area (Å²) in [6.07, 6.45) is 1.54. The number of imide groups is 1. The van der Waals surface area contributed by atoms with E-state index in [4.69, 9.17) is 14.5 Å². The molecule has 1 unspecified atom stereocenters. The van der Waals surface area contributed by atoms with E-state index in [2.05, 4.69) is 15.3 Å². The third kappa shape index (κ3) is 4.38. The molecule has 3 heterocycles. The van der Waals surface area contributed by atoms with Crippen LogP contribution >= 0.6 is 11.3 Å². The molecule has 1 atom stereocenters. The summed E-state index contributed by atoms with van der Waals surface area (Å²) in [5.41, 5.74) is 1.11. The van der Waals surface area contributed by atoms with Gasteiger partial charge >= 0.3 is 6.03 Å². The lowest BCUT2D eigenvalue weighted by molar-refractivity contribution is -0.131. The SMILES string of the molecule is COc1ccc(C2(C)NC(=O)N(/N=C/c3sc(N4CCOCC4)nc3-c3ccccc3)C2=O)cc1. The van der Waals surface area contributed by atoms with Crippen molar-refractivity contribution in [3.63, 3.8) is 0 Å². The lowest BCUT2D eigenvalue weighted by Gasteiger charge is -2.26. The highest BCUT2D eigenvalue weighted by Gasteiger charge is 2.49. The number of anilines is 1. The number of urea groups is 1. The van der Waals surface area contributed by atoms with Crippen LogP contribution in [-0.2, 0) is 15.1 Å². The number of hydrogen-bond acceptors (Lipinski definition) is 8. The van der Waals surface area contributed by atoms with Gasteiger partial charge in [0.25, 0.3) is 5.91 Å². The van der Waals surface area contributed by atoms with Crippen LogP contribution in [0.15, 0.2) is 59.7 Å². The van der Waals surface area contributed by atoms with Crippen LogP contribution < -0.4 is 15.0 Å². The minimum absolute atomic E-state index is 0.455. The largest absolute Gasteiger partial charge is 0.497 e. The van der Waals surface area contributed by atoms with Gasteiger partial charge < -0.3 is 19.7 Å². The summed E-state index contributed by atoms with van der Waals surface area (Å²) in [7, 11) is 1.57. The molecule has 3 amide bonds. The number of carbonyl (C=O) groups excluding carboxylic acids is 2. The standard InChI is InChI=1S/C25H25N5O4S/c1-25(18-8-10-19(33-2)11-9-18)22(31)30(23(32)28-25)26-16-20-21(17-6-4-3-5-7-17)27-24(35-20)29-12-14-34-15-13-29/h3-11,16H,12-15H2,1-2H3,(H,28,32)/b26-16+. The van der Waals surface area contributed by atoms with Crippen molar-refractivity contribution in [2.75, 3.05) is 38.3 Å². The van der Waals surface area contributed by atoms with Crippen molar-refractivity contribution in [3.05, 3.63) is 65.0 Å². The van der Waals surface area contributed by atoms with E-state index in [-0.39, 0.29) is 0 Å². The second-order valence-corrected chi connectivity index (χ2v) is 9.33. The molecule has 2 saturated heterocycles. The number of amides is 3. The zero-order valence-electron chi connectivity index (χ0n) is 19.4. The summed E-state index contributed by atoms with van der Waals surface area (Å²) in [5, 5.41) is 8.81. The van der Waals surface area contributed by atoms with E-state index in [0.29, 0.717) is 24.5 Å². The number of nitrogens with zero attached hydrogens (tertiary/aromatic N) is 4. The van der Waals surface area contributed by atoms with Crippen LogP contribution in [0.25, 0.3) is 11.3 Å².